The number of anilines is 1. The van der Waals surface area contributed by atoms with E-state index in [0.717, 1.165) is 0 Å². The maximum Gasteiger partial charge on any atom is 0.259 e. The summed E-state index contributed by atoms with van der Waals surface area (Å²) in [5.41, 5.74) is 0.0393. The summed E-state index contributed by atoms with van der Waals surface area (Å²) in [6.45, 7) is 0. The number of carbonyl (C=O) groups is 1. The Morgan fingerprint density at radius 1 is 0.923 bits per heavy atom. The van der Waals surface area contributed by atoms with E-state index < -0.39 is 11.7 Å². The molecule has 0 aromatic heterocycles. The van der Waals surface area contributed by atoms with E-state index in [0.29, 0.717) is 11.5 Å². The van der Waals surface area contributed by atoms with Crippen LogP contribution in [-0.2, 0) is 0 Å². The van der Waals surface area contributed by atoms with Crippen LogP contribution in [0.4, 0.5) is 5.69 Å². The van der Waals surface area contributed by atoms with E-state index in [1.54, 1.807) is 18.2 Å². The van der Waals surface area contributed by atoms with Crippen LogP contribution in [0.25, 0.3) is 0 Å². The minimum absolute atomic E-state index is 0.0431. The SMILES string of the molecule is O=C(Nc1ccc(Oc2ccccc2)cc1O)c1cc(Cl)cc(Cl)c1O. The highest BCUT2D eigenvalue weighted by Gasteiger charge is 2.17. The van der Waals surface area contributed by atoms with Crippen LogP contribution in [0.2, 0.25) is 10.0 Å². The summed E-state index contributed by atoms with van der Waals surface area (Å²) in [5.74, 6) is -0.238. The van der Waals surface area contributed by atoms with E-state index in [4.69, 9.17) is 27.9 Å². The molecule has 0 saturated heterocycles. The second kappa shape index (κ2) is 7.56. The molecule has 7 heteroatoms. The molecule has 0 radical (unpaired) electrons. The van der Waals surface area contributed by atoms with Crippen molar-refractivity contribution in [3.8, 4) is 23.0 Å². The highest BCUT2D eigenvalue weighted by Crippen LogP contribution is 2.34. The Balaban J connectivity index is 1.79. The molecule has 0 bridgehead atoms. The minimum Gasteiger partial charge on any atom is -0.506 e. The van der Waals surface area contributed by atoms with Gasteiger partial charge in [-0.05, 0) is 36.4 Å². The highest BCUT2D eigenvalue weighted by atomic mass is 35.5. The fourth-order valence-corrected chi connectivity index (χ4v) is 2.73. The second-order valence-electron chi connectivity index (χ2n) is 5.33. The first-order valence-corrected chi connectivity index (χ1v) is 8.25. The summed E-state index contributed by atoms with van der Waals surface area (Å²) < 4.78 is 5.61. The number of hydrogen-bond donors (Lipinski definition) is 3. The topological polar surface area (TPSA) is 78.8 Å². The van der Waals surface area contributed by atoms with E-state index in [1.165, 1.54) is 24.3 Å². The zero-order valence-corrected chi connectivity index (χ0v) is 14.8. The summed E-state index contributed by atoms with van der Waals surface area (Å²) in [6, 6.07) is 16.1. The van der Waals surface area contributed by atoms with E-state index >= 15 is 0 Å². The number of amides is 1. The maximum atomic E-state index is 12.3. The van der Waals surface area contributed by atoms with Gasteiger partial charge >= 0.3 is 0 Å². The van der Waals surface area contributed by atoms with Crippen molar-refractivity contribution in [3.05, 3.63) is 76.3 Å². The summed E-state index contributed by atoms with van der Waals surface area (Å²) in [7, 11) is 0. The number of nitrogens with one attached hydrogen (secondary N) is 1. The number of benzene rings is 3. The molecule has 0 fully saturated rings. The molecule has 1 amide bonds. The van der Waals surface area contributed by atoms with E-state index in [1.807, 2.05) is 18.2 Å². The molecule has 0 atom stereocenters. The van der Waals surface area contributed by atoms with Crippen LogP contribution in [0.5, 0.6) is 23.0 Å². The standard InChI is InChI=1S/C19H13Cl2NO4/c20-11-8-14(18(24)15(21)9-11)19(25)22-16-7-6-13(10-17(16)23)26-12-4-2-1-3-5-12/h1-10,23-24H,(H,22,25). The Labute approximate surface area is 159 Å². The van der Waals surface area contributed by atoms with Crippen LogP contribution in [0.1, 0.15) is 10.4 Å². The van der Waals surface area contributed by atoms with Gasteiger partial charge in [0.05, 0.1) is 16.3 Å². The largest absolute Gasteiger partial charge is 0.506 e. The molecule has 3 aromatic rings. The first kappa shape index (κ1) is 17.9. The Morgan fingerprint density at radius 2 is 1.65 bits per heavy atom. The van der Waals surface area contributed by atoms with Gasteiger partial charge in [0.1, 0.15) is 23.0 Å². The maximum absolute atomic E-state index is 12.3. The molecule has 26 heavy (non-hydrogen) atoms. The van der Waals surface area contributed by atoms with Crippen LogP contribution in [0, 0.1) is 0 Å². The highest BCUT2D eigenvalue weighted by molar-refractivity contribution is 6.36. The number of carbonyl (C=O) groups excluding carboxylic acids is 1. The summed E-state index contributed by atoms with van der Waals surface area (Å²) in [5, 5.41) is 22.7. The molecule has 132 valence electrons. The van der Waals surface area contributed by atoms with Gasteiger partial charge < -0.3 is 20.3 Å². The second-order valence-corrected chi connectivity index (χ2v) is 6.18. The monoisotopic (exact) mass is 389 g/mol. The number of phenolic OH excluding ortho intramolecular Hbond substituents is 2. The van der Waals surface area contributed by atoms with Gasteiger partial charge in [-0.2, -0.15) is 0 Å². The van der Waals surface area contributed by atoms with Gasteiger partial charge in [0, 0.05) is 11.1 Å². The average Bonchev–Trinajstić information content (AvgIpc) is 2.61. The molecule has 0 aliphatic heterocycles. The molecule has 0 heterocycles. The lowest BCUT2D eigenvalue weighted by molar-refractivity contribution is 0.102. The molecular weight excluding hydrogens is 377 g/mol. The number of ether oxygens (including phenoxy) is 1. The number of aromatic hydroxyl groups is 2. The Kier molecular flexibility index (Phi) is 5.21. The summed E-state index contributed by atoms with van der Waals surface area (Å²) >= 11 is 11.7. The fourth-order valence-electron chi connectivity index (χ4n) is 2.23. The third-order valence-corrected chi connectivity index (χ3v) is 3.98. The molecule has 3 rings (SSSR count). The van der Waals surface area contributed by atoms with Crippen LogP contribution in [0.15, 0.2) is 60.7 Å². The molecule has 0 aliphatic rings. The van der Waals surface area contributed by atoms with Crippen molar-refractivity contribution in [2.45, 2.75) is 0 Å². The van der Waals surface area contributed by atoms with Crippen LogP contribution >= 0.6 is 23.2 Å². The van der Waals surface area contributed by atoms with Crippen molar-refractivity contribution < 1.29 is 19.7 Å². The van der Waals surface area contributed by atoms with Crippen molar-refractivity contribution in [1.82, 2.24) is 0 Å². The molecular formula is C19H13Cl2NO4. The molecule has 0 saturated carbocycles. The first-order chi connectivity index (χ1) is 12.4. The van der Waals surface area contributed by atoms with Gasteiger partial charge in [-0.25, -0.2) is 0 Å². The molecule has 0 spiro atoms. The molecule has 0 unspecified atom stereocenters. The van der Waals surface area contributed by atoms with Crippen molar-refractivity contribution in [1.29, 1.82) is 0 Å². The molecule has 5 nitrogen and oxygen atoms in total. The zero-order chi connectivity index (χ0) is 18.7. The van der Waals surface area contributed by atoms with Gasteiger partial charge in [-0.1, -0.05) is 41.4 Å². The summed E-state index contributed by atoms with van der Waals surface area (Å²) in [6.07, 6.45) is 0. The van der Waals surface area contributed by atoms with Crippen LogP contribution < -0.4 is 10.1 Å². The number of rotatable bonds is 4. The van der Waals surface area contributed by atoms with Gasteiger partial charge in [-0.15, -0.1) is 0 Å². The van der Waals surface area contributed by atoms with E-state index in [2.05, 4.69) is 5.32 Å². The quantitative estimate of drug-likeness (QED) is 0.518. The first-order valence-electron chi connectivity index (χ1n) is 7.49. The Hall–Kier alpha value is -2.89. The van der Waals surface area contributed by atoms with Gasteiger partial charge in [0.2, 0.25) is 0 Å². The van der Waals surface area contributed by atoms with Crippen molar-refractivity contribution >= 4 is 34.8 Å². The molecule has 3 aromatic carbocycles. The van der Waals surface area contributed by atoms with Crippen LogP contribution in [-0.4, -0.2) is 16.1 Å². The predicted octanol–water partition coefficient (Wildman–Crippen LogP) is 5.45. The smallest absolute Gasteiger partial charge is 0.259 e. The number of hydrogen-bond acceptors (Lipinski definition) is 4. The lowest BCUT2D eigenvalue weighted by Crippen LogP contribution is -2.12. The lowest BCUT2D eigenvalue weighted by Gasteiger charge is -2.11. The van der Waals surface area contributed by atoms with Crippen LogP contribution in [0.3, 0.4) is 0 Å². The zero-order valence-electron chi connectivity index (χ0n) is 13.2. The molecule has 3 N–H and O–H groups in total. The number of para-hydroxylation sites is 1. The van der Waals surface area contributed by atoms with Gasteiger partial charge in [0.25, 0.3) is 5.91 Å². The summed E-state index contributed by atoms with van der Waals surface area (Å²) in [4.78, 5) is 12.3. The predicted molar refractivity (Wildman–Crippen MR) is 101 cm³/mol. The molecule has 0 aliphatic carbocycles. The van der Waals surface area contributed by atoms with Crippen molar-refractivity contribution in [3.63, 3.8) is 0 Å². The van der Waals surface area contributed by atoms with E-state index in [-0.39, 0.29) is 27.0 Å². The van der Waals surface area contributed by atoms with Crippen molar-refractivity contribution in [2.24, 2.45) is 0 Å². The van der Waals surface area contributed by atoms with Gasteiger partial charge in [0.15, 0.2) is 0 Å². The van der Waals surface area contributed by atoms with E-state index in [9.17, 15) is 15.0 Å². The average molecular weight is 390 g/mol. The third kappa shape index (κ3) is 4.02. The van der Waals surface area contributed by atoms with Crippen molar-refractivity contribution in [2.75, 3.05) is 5.32 Å². The Morgan fingerprint density at radius 3 is 2.35 bits per heavy atom. The lowest BCUT2D eigenvalue weighted by atomic mass is 10.1. The number of halogens is 2. The third-order valence-electron chi connectivity index (χ3n) is 3.47. The fraction of sp³-hybridized carbons (Fsp3) is 0. The normalized spacial score (nSPS) is 10.4. The minimum atomic E-state index is -0.668. The Bertz CT molecular complexity index is 961. The number of phenols is 2. The van der Waals surface area contributed by atoms with Gasteiger partial charge in [-0.3, -0.25) is 4.79 Å².